The molecule has 4 amide bonds. The average Bonchev–Trinajstić information content (AvgIpc) is 3.78. The van der Waals surface area contributed by atoms with E-state index in [-0.39, 0.29) is 111 Å². The Morgan fingerprint density at radius 3 is 1.24 bits per heavy atom. The maximum Gasteiger partial charge on any atom is 0.309 e. The van der Waals surface area contributed by atoms with E-state index in [0.29, 0.717) is 30.6 Å². The van der Waals surface area contributed by atoms with Gasteiger partial charge in [0, 0.05) is 40.4 Å². The normalized spacial score (nSPS) is 43.3. The molecular formula is C61H74N2NaO8. The molecule has 14 rings (SSSR count). The van der Waals surface area contributed by atoms with Gasteiger partial charge in [0.05, 0.1) is 45.9 Å². The van der Waals surface area contributed by atoms with Crippen molar-refractivity contribution in [1.82, 2.24) is 0 Å². The van der Waals surface area contributed by atoms with Gasteiger partial charge in [-0.25, -0.2) is 0 Å². The Morgan fingerprint density at radius 2 is 0.903 bits per heavy atom. The summed E-state index contributed by atoms with van der Waals surface area (Å²) in [6, 6.07) is 15.6. The fourth-order valence-corrected chi connectivity index (χ4v) is 20.2. The van der Waals surface area contributed by atoms with Crippen LogP contribution in [-0.4, -0.2) is 75.3 Å². The molecule has 4 bridgehead atoms. The van der Waals surface area contributed by atoms with E-state index in [1.165, 1.54) is 20.9 Å². The fourth-order valence-electron chi connectivity index (χ4n) is 20.2. The number of rotatable bonds is 8. The van der Waals surface area contributed by atoms with Crippen molar-refractivity contribution in [3.8, 4) is 0 Å². The van der Waals surface area contributed by atoms with Gasteiger partial charge in [-0.1, -0.05) is 102 Å². The van der Waals surface area contributed by atoms with Crippen LogP contribution in [-0.2, 0) is 35.2 Å². The zero-order chi connectivity index (χ0) is 50.3. The summed E-state index contributed by atoms with van der Waals surface area (Å²) in [5.74, 6) is -2.87. The summed E-state index contributed by atoms with van der Waals surface area (Å²) in [6.07, 6.45) is 15.0. The second-order valence-electron chi connectivity index (χ2n) is 26.5. The molecule has 2 aromatic rings. The molecular weight excluding hydrogens is 912 g/mol. The van der Waals surface area contributed by atoms with Crippen LogP contribution < -0.4 is 9.80 Å². The van der Waals surface area contributed by atoms with Crippen molar-refractivity contribution in [2.24, 2.45) is 104 Å². The first kappa shape index (κ1) is 50.3. The summed E-state index contributed by atoms with van der Waals surface area (Å²) in [6.45, 7) is 17.3. The molecule has 377 valence electrons. The Morgan fingerprint density at radius 1 is 0.542 bits per heavy atom. The number of allylic oxidation sites excluding steroid dienone is 4. The van der Waals surface area contributed by atoms with Crippen molar-refractivity contribution >= 4 is 76.5 Å². The minimum atomic E-state index is -0.796. The first-order valence-electron chi connectivity index (χ1n) is 27.4. The van der Waals surface area contributed by atoms with Gasteiger partial charge < -0.3 is 10.2 Å². The van der Waals surface area contributed by atoms with Gasteiger partial charge in [0.2, 0.25) is 23.6 Å². The smallest absolute Gasteiger partial charge is 0.309 e. The van der Waals surface area contributed by atoms with Crippen LogP contribution in [0.25, 0.3) is 0 Å². The van der Waals surface area contributed by atoms with Crippen LogP contribution in [0.1, 0.15) is 144 Å². The third-order valence-corrected chi connectivity index (χ3v) is 23.1. The maximum absolute atomic E-state index is 15.0. The molecule has 16 unspecified atom stereocenters. The van der Waals surface area contributed by atoms with E-state index >= 15 is 0 Å². The van der Waals surface area contributed by atoms with Crippen LogP contribution in [0.2, 0.25) is 0 Å². The average molecular weight is 986 g/mol. The number of carboxylic acid groups (broad SMARTS) is 2. The molecule has 2 aromatic carbocycles. The first-order chi connectivity index (χ1) is 33.6. The maximum atomic E-state index is 15.0. The molecule has 12 aliphatic rings. The molecule has 2 heterocycles. The number of hydrogen-bond acceptors (Lipinski definition) is 6. The molecule has 2 spiro atoms. The number of carbonyl (C=O) groups excluding carboxylic acids is 4. The summed E-state index contributed by atoms with van der Waals surface area (Å²) in [5.41, 5.74) is 2.74. The molecule has 0 aromatic heterocycles. The van der Waals surface area contributed by atoms with E-state index < -0.39 is 57.3 Å². The summed E-state index contributed by atoms with van der Waals surface area (Å²) in [5, 5.41) is 21.1. The summed E-state index contributed by atoms with van der Waals surface area (Å²) in [4.78, 5) is 88.2. The van der Waals surface area contributed by atoms with Gasteiger partial charge >= 0.3 is 11.9 Å². The topological polar surface area (TPSA) is 149 Å². The monoisotopic (exact) mass is 986 g/mol. The summed E-state index contributed by atoms with van der Waals surface area (Å²) < 4.78 is 0. The standard InChI is InChI=1S/C61H74N2O8.Na/c1-32(2)40-30-60-25-19-42-56(5,21-9-23-58(42,7)54(68)69)44(60)28-38(40)46-48(60)52(66)62(50(46)64)36-15-11-34(12-16-36)27-35-13-17-37(18-14-35)63-51(65)47-39-29-45-57(6)22-10-24-59(8,55(70)71)43(57)20-26-61(45,49(47)53(63)67)31-41(39)33(3)4;/h11-18,30-33,38-39,42-49H,9-10,19-29H2,1-8H3,(H,68,69)(H,70,71);. The number of amides is 4. The molecule has 8 fully saturated rings. The first-order valence-corrected chi connectivity index (χ1v) is 27.4. The van der Waals surface area contributed by atoms with Crippen LogP contribution in [0.4, 0.5) is 11.4 Å². The molecule has 2 N–H and O–H groups in total. The quantitative estimate of drug-likeness (QED) is 0.151. The minimum Gasteiger partial charge on any atom is -0.481 e. The van der Waals surface area contributed by atoms with E-state index in [1.54, 1.807) is 0 Å². The van der Waals surface area contributed by atoms with E-state index in [1.807, 2.05) is 62.4 Å². The Labute approximate surface area is 447 Å². The number of aliphatic carboxylic acids is 2. The van der Waals surface area contributed by atoms with Crippen molar-refractivity contribution in [2.45, 2.75) is 139 Å². The number of nitrogens with zero attached hydrogens (tertiary/aromatic N) is 2. The number of fused-ring (bicyclic) bond motifs is 2. The Kier molecular flexibility index (Phi) is 11.6. The van der Waals surface area contributed by atoms with Gasteiger partial charge in [-0.15, -0.1) is 0 Å². The third-order valence-electron chi connectivity index (χ3n) is 23.1. The molecule has 10 aliphatic carbocycles. The number of imide groups is 2. The molecule has 72 heavy (non-hydrogen) atoms. The molecule has 1 radical (unpaired) electrons. The Hall–Kier alpha value is -3.86. The largest absolute Gasteiger partial charge is 0.481 e. The van der Waals surface area contributed by atoms with Gasteiger partial charge in [0.25, 0.3) is 0 Å². The van der Waals surface area contributed by atoms with E-state index in [2.05, 4.69) is 53.7 Å². The van der Waals surface area contributed by atoms with Gasteiger partial charge in [-0.05, 0) is 178 Å². The van der Waals surface area contributed by atoms with Crippen molar-refractivity contribution in [1.29, 1.82) is 0 Å². The van der Waals surface area contributed by atoms with Crippen LogP contribution in [0.15, 0.2) is 71.8 Å². The summed E-state index contributed by atoms with van der Waals surface area (Å²) >= 11 is 0. The van der Waals surface area contributed by atoms with Gasteiger partial charge in [0.15, 0.2) is 0 Å². The van der Waals surface area contributed by atoms with Gasteiger partial charge in [-0.2, -0.15) is 0 Å². The molecule has 6 saturated carbocycles. The molecule has 2 saturated heterocycles. The van der Waals surface area contributed by atoms with Gasteiger partial charge in [0.1, 0.15) is 0 Å². The van der Waals surface area contributed by atoms with Crippen LogP contribution in [0, 0.1) is 104 Å². The second-order valence-corrected chi connectivity index (χ2v) is 26.5. The van der Waals surface area contributed by atoms with Crippen molar-refractivity contribution in [3.63, 3.8) is 0 Å². The van der Waals surface area contributed by atoms with E-state index in [9.17, 15) is 39.0 Å². The zero-order valence-electron chi connectivity index (χ0n) is 44.1. The number of anilines is 2. The Balaban J connectivity index is 0.00000560. The van der Waals surface area contributed by atoms with Crippen molar-refractivity contribution in [3.05, 3.63) is 83.0 Å². The SMILES string of the molecule is CC(C)C1=CC23CCC4C(C)(C(=O)O)CCCC4(C)C2CC1C1C(=O)N(c2ccc(Cc4ccc(N5C(=O)C6C7CC8C9(C)CCCC(C)(C(=O)O)C9CCC8(C=C7C(C)C)C6C5=O)cc4)cc2)C(=O)C13.[Na]. The predicted octanol–water partition coefficient (Wildman–Crippen LogP) is 10.9. The summed E-state index contributed by atoms with van der Waals surface area (Å²) in [7, 11) is 0. The Bertz CT molecular complexity index is 2580. The number of hydrogen-bond donors (Lipinski definition) is 2. The third kappa shape index (κ3) is 6.36. The number of carboxylic acids is 2. The van der Waals surface area contributed by atoms with Crippen LogP contribution >= 0.6 is 0 Å². The molecule has 16 atom stereocenters. The fraction of sp³-hybridized carbons (Fsp3) is 0.639. The van der Waals surface area contributed by atoms with Gasteiger partial charge in [-0.3, -0.25) is 38.6 Å². The molecule has 11 heteroatoms. The van der Waals surface area contributed by atoms with E-state index in [4.69, 9.17) is 0 Å². The molecule has 10 nitrogen and oxygen atoms in total. The van der Waals surface area contributed by atoms with Crippen LogP contribution in [0.5, 0.6) is 0 Å². The molecule has 2 aliphatic heterocycles. The predicted molar refractivity (Wildman–Crippen MR) is 275 cm³/mol. The van der Waals surface area contributed by atoms with Crippen molar-refractivity contribution < 1.29 is 39.0 Å². The number of benzene rings is 2. The second kappa shape index (κ2) is 16.6. The van der Waals surface area contributed by atoms with Crippen molar-refractivity contribution in [2.75, 3.05) is 9.80 Å². The minimum absolute atomic E-state index is 0. The number of carbonyl (C=O) groups is 6. The van der Waals surface area contributed by atoms with Crippen LogP contribution in [0.3, 0.4) is 0 Å². The zero-order valence-corrected chi connectivity index (χ0v) is 46.1. The van der Waals surface area contributed by atoms with E-state index in [0.717, 1.165) is 75.3 Å².